The molecule has 1 atom stereocenters. The highest BCUT2D eigenvalue weighted by Crippen LogP contribution is 2.11. The van der Waals surface area contributed by atoms with Crippen LogP contribution in [0.4, 0.5) is 0 Å². The van der Waals surface area contributed by atoms with E-state index in [2.05, 4.69) is 10.3 Å². The van der Waals surface area contributed by atoms with Crippen molar-refractivity contribution < 1.29 is 8.42 Å². The van der Waals surface area contributed by atoms with E-state index in [9.17, 15) is 8.42 Å². The second kappa shape index (κ2) is 5.34. The molecule has 15 heavy (non-hydrogen) atoms. The first-order valence-electron chi connectivity index (χ1n) is 5.30. The number of guanidine groups is 1. The van der Waals surface area contributed by atoms with E-state index in [1.165, 1.54) is 0 Å². The molecule has 0 saturated carbocycles. The highest BCUT2D eigenvalue weighted by molar-refractivity contribution is 7.91. The smallest absolute Gasteiger partial charge is 0.188 e. The molecule has 6 heteroatoms. The quantitative estimate of drug-likeness (QED) is 0.525. The summed E-state index contributed by atoms with van der Waals surface area (Å²) in [6.45, 7) is 2.69. The third kappa shape index (κ3) is 4.51. The molecule has 1 fully saturated rings. The number of hydrogen-bond donors (Lipinski definition) is 2. The predicted molar refractivity (Wildman–Crippen MR) is 61.6 cm³/mol. The molecule has 0 aromatic carbocycles. The molecule has 5 nitrogen and oxygen atoms in total. The van der Waals surface area contributed by atoms with Gasteiger partial charge in [-0.3, -0.25) is 4.99 Å². The Morgan fingerprint density at radius 3 is 2.93 bits per heavy atom. The van der Waals surface area contributed by atoms with Crippen LogP contribution in [-0.4, -0.2) is 38.5 Å². The number of nitrogens with zero attached hydrogens (tertiary/aromatic N) is 1. The van der Waals surface area contributed by atoms with Gasteiger partial charge in [0.25, 0.3) is 0 Å². The Morgan fingerprint density at radius 2 is 2.33 bits per heavy atom. The van der Waals surface area contributed by atoms with Crippen LogP contribution in [0.15, 0.2) is 4.99 Å². The number of nitrogens with two attached hydrogens (primary N) is 1. The number of rotatable bonds is 3. The number of nitrogens with one attached hydrogen (secondary N) is 1. The van der Waals surface area contributed by atoms with Gasteiger partial charge in [-0.2, -0.15) is 0 Å². The molecule has 1 unspecified atom stereocenters. The van der Waals surface area contributed by atoms with Crippen molar-refractivity contribution in [2.75, 3.05) is 18.1 Å². The Morgan fingerprint density at radius 1 is 1.60 bits per heavy atom. The van der Waals surface area contributed by atoms with Crippen LogP contribution in [-0.2, 0) is 9.84 Å². The van der Waals surface area contributed by atoms with Crippen molar-refractivity contribution in [3.63, 3.8) is 0 Å². The standard InChI is InChI=1S/C9H19N3O2S/c1-2-5-11-9(10)12-8-4-3-6-15(13,14)7-8/h8H,2-7H2,1H3,(H3,10,11,12). The van der Waals surface area contributed by atoms with Gasteiger partial charge in [0.05, 0.1) is 11.5 Å². The summed E-state index contributed by atoms with van der Waals surface area (Å²) in [5.74, 6) is 0.839. The van der Waals surface area contributed by atoms with Crippen molar-refractivity contribution in [3.05, 3.63) is 0 Å². The van der Waals surface area contributed by atoms with Gasteiger partial charge < -0.3 is 11.1 Å². The molecule has 3 N–H and O–H groups in total. The monoisotopic (exact) mass is 233 g/mol. The van der Waals surface area contributed by atoms with Gasteiger partial charge in [0, 0.05) is 12.6 Å². The lowest BCUT2D eigenvalue weighted by atomic mass is 10.2. The summed E-state index contributed by atoms with van der Waals surface area (Å²) in [7, 11) is -2.87. The van der Waals surface area contributed by atoms with Gasteiger partial charge >= 0.3 is 0 Å². The molecule has 1 heterocycles. The van der Waals surface area contributed by atoms with Gasteiger partial charge in [-0.1, -0.05) is 6.92 Å². The molecule has 0 aromatic heterocycles. The van der Waals surface area contributed by atoms with E-state index in [4.69, 9.17) is 5.73 Å². The lowest BCUT2D eigenvalue weighted by molar-refractivity contribution is 0.530. The fourth-order valence-electron chi connectivity index (χ4n) is 1.62. The summed E-state index contributed by atoms with van der Waals surface area (Å²) >= 11 is 0. The number of sulfone groups is 1. The van der Waals surface area contributed by atoms with E-state index < -0.39 is 9.84 Å². The van der Waals surface area contributed by atoms with Crippen LogP contribution in [0.2, 0.25) is 0 Å². The van der Waals surface area contributed by atoms with Gasteiger partial charge in [0.15, 0.2) is 15.8 Å². The van der Waals surface area contributed by atoms with Crippen molar-refractivity contribution in [1.29, 1.82) is 0 Å². The van der Waals surface area contributed by atoms with Crippen molar-refractivity contribution in [3.8, 4) is 0 Å². The maximum atomic E-state index is 11.3. The van der Waals surface area contributed by atoms with Gasteiger partial charge in [0.1, 0.15) is 0 Å². The molecule has 1 rings (SSSR count). The Kier molecular flexibility index (Phi) is 4.38. The molecule has 0 aromatic rings. The van der Waals surface area contributed by atoms with Crippen molar-refractivity contribution in [1.82, 2.24) is 5.32 Å². The van der Waals surface area contributed by atoms with Crippen molar-refractivity contribution in [2.24, 2.45) is 10.7 Å². The average molecular weight is 233 g/mol. The maximum absolute atomic E-state index is 11.3. The third-order valence-corrected chi connectivity index (χ3v) is 4.14. The molecule has 1 aliphatic rings. The lowest BCUT2D eigenvalue weighted by Gasteiger charge is -2.23. The fraction of sp³-hybridized carbons (Fsp3) is 0.889. The second-order valence-electron chi connectivity index (χ2n) is 3.86. The predicted octanol–water partition coefficient (Wildman–Crippen LogP) is -0.122. The topological polar surface area (TPSA) is 84.5 Å². The second-order valence-corrected chi connectivity index (χ2v) is 6.09. The van der Waals surface area contributed by atoms with E-state index in [0.717, 1.165) is 12.8 Å². The van der Waals surface area contributed by atoms with Gasteiger partial charge in [-0.05, 0) is 19.3 Å². The SMILES string of the molecule is CCCN=C(N)NC1CCCS(=O)(=O)C1. The first-order chi connectivity index (χ1) is 7.03. The Bertz CT molecular complexity index is 324. The molecule has 0 amide bonds. The zero-order valence-corrected chi connectivity index (χ0v) is 9.89. The average Bonchev–Trinajstić information content (AvgIpc) is 2.13. The minimum absolute atomic E-state index is 0.0654. The Balaban J connectivity index is 2.45. The normalized spacial score (nSPS) is 26.2. The molecule has 0 aliphatic carbocycles. The summed E-state index contributed by atoms with van der Waals surface area (Å²) in [5, 5.41) is 2.96. The molecule has 0 bridgehead atoms. The zero-order valence-electron chi connectivity index (χ0n) is 9.07. The van der Waals surface area contributed by atoms with Crippen LogP contribution >= 0.6 is 0 Å². The minimum atomic E-state index is -2.87. The molecular weight excluding hydrogens is 214 g/mol. The van der Waals surface area contributed by atoms with E-state index in [1.54, 1.807) is 0 Å². The molecule has 1 aliphatic heterocycles. The first-order valence-corrected chi connectivity index (χ1v) is 7.12. The highest BCUT2D eigenvalue weighted by atomic mass is 32.2. The van der Waals surface area contributed by atoms with Gasteiger partial charge in [0.2, 0.25) is 0 Å². The van der Waals surface area contributed by atoms with Crippen LogP contribution in [0.1, 0.15) is 26.2 Å². The van der Waals surface area contributed by atoms with Crippen molar-refractivity contribution in [2.45, 2.75) is 32.2 Å². The summed E-state index contributed by atoms with van der Waals surface area (Å²) in [6.07, 6.45) is 2.49. The fourth-order valence-corrected chi connectivity index (χ4v) is 3.26. The zero-order chi connectivity index (χ0) is 11.3. The lowest BCUT2D eigenvalue weighted by Crippen LogP contribution is -2.46. The minimum Gasteiger partial charge on any atom is -0.370 e. The molecule has 88 valence electrons. The molecule has 0 spiro atoms. The molecule has 1 saturated heterocycles. The van der Waals surface area contributed by atoms with Gasteiger partial charge in [-0.25, -0.2) is 8.42 Å². The van der Waals surface area contributed by atoms with Crippen LogP contribution in [0.25, 0.3) is 0 Å². The van der Waals surface area contributed by atoms with E-state index >= 15 is 0 Å². The Labute approximate surface area is 91.1 Å². The highest BCUT2D eigenvalue weighted by Gasteiger charge is 2.24. The third-order valence-electron chi connectivity index (χ3n) is 2.32. The Hall–Kier alpha value is -0.780. The van der Waals surface area contributed by atoms with Crippen LogP contribution in [0.5, 0.6) is 0 Å². The molecular formula is C9H19N3O2S. The van der Waals surface area contributed by atoms with E-state index in [-0.39, 0.29) is 11.8 Å². The maximum Gasteiger partial charge on any atom is 0.188 e. The van der Waals surface area contributed by atoms with Crippen molar-refractivity contribution >= 4 is 15.8 Å². The summed E-state index contributed by atoms with van der Waals surface area (Å²) in [4.78, 5) is 4.07. The first kappa shape index (κ1) is 12.3. The largest absolute Gasteiger partial charge is 0.370 e. The van der Waals surface area contributed by atoms with E-state index in [0.29, 0.717) is 24.7 Å². The number of aliphatic imine (C=N–C) groups is 1. The van der Waals surface area contributed by atoms with Gasteiger partial charge in [-0.15, -0.1) is 0 Å². The molecule has 0 radical (unpaired) electrons. The summed E-state index contributed by atoms with van der Waals surface area (Å²) in [6, 6.07) is -0.0654. The van der Waals surface area contributed by atoms with Crippen LogP contribution in [0, 0.1) is 0 Å². The van der Waals surface area contributed by atoms with Crippen LogP contribution in [0.3, 0.4) is 0 Å². The van der Waals surface area contributed by atoms with Crippen LogP contribution < -0.4 is 11.1 Å². The number of hydrogen-bond acceptors (Lipinski definition) is 3. The van der Waals surface area contributed by atoms with E-state index in [1.807, 2.05) is 6.92 Å². The summed E-state index contributed by atoms with van der Waals surface area (Å²) < 4.78 is 22.7. The summed E-state index contributed by atoms with van der Waals surface area (Å²) in [5.41, 5.74) is 5.62.